The number of nitrogens with zero attached hydrogens (tertiary/aromatic N) is 3. The van der Waals surface area contributed by atoms with Gasteiger partial charge in [-0.1, -0.05) is 0 Å². The van der Waals surface area contributed by atoms with Gasteiger partial charge in [-0.2, -0.15) is 4.31 Å². The Bertz CT molecular complexity index is 824. The van der Waals surface area contributed by atoms with E-state index >= 15 is 0 Å². The minimum Gasteiger partial charge on any atom is -0.480 e. The van der Waals surface area contributed by atoms with Crippen LogP contribution in [0.5, 0.6) is 0 Å². The molecule has 0 radical (unpaired) electrons. The van der Waals surface area contributed by atoms with Crippen LogP contribution in [0.4, 0.5) is 0 Å². The number of nitrogens with one attached hydrogen (secondary N) is 1. The van der Waals surface area contributed by atoms with Crippen LogP contribution in [0.3, 0.4) is 0 Å². The molecule has 1 aliphatic rings. The smallest absolute Gasteiger partial charge is 0.320 e. The Morgan fingerprint density at radius 2 is 2.04 bits per heavy atom. The van der Waals surface area contributed by atoms with E-state index in [2.05, 4.69) is 9.97 Å². The van der Waals surface area contributed by atoms with Crippen LogP contribution in [-0.2, 0) is 14.8 Å². The molecule has 0 saturated carbocycles. The van der Waals surface area contributed by atoms with E-state index in [4.69, 9.17) is 5.11 Å². The molecule has 1 atom stereocenters. The molecule has 3 rings (SSSR count). The molecule has 0 amide bonds. The van der Waals surface area contributed by atoms with Gasteiger partial charge >= 0.3 is 5.97 Å². The summed E-state index contributed by atoms with van der Waals surface area (Å²) in [5.41, 5.74) is 0.532. The lowest BCUT2D eigenvalue weighted by molar-refractivity contribution is -0.143. The highest BCUT2D eigenvalue weighted by molar-refractivity contribution is 7.89. The molecular formula is C14H18N4O4S. The van der Waals surface area contributed by atoms with Crippen molar-refractivity contribution in [3.05, 3.63) is 24.5 Å². The number of fused-ring (bicyclic) bond motifs is 1. The molecule has 0 unspecified atom stereocenters. The summed E-state index contributed by atoms with van der Waals surface area (Å²) in [6, 6.07) is 2.80. The Morgan fingerprint density at radius 1 is 1.35 bits per heavy atom. The van der Waals surface area contributed by atoms with Gasteiger partial charge in [0.25, 0.3) is 0 Å². The Balaban J connectivity index is 1.81. The number of aliphatic carboxylic acids is 1. The highest BCUT2D eigenvalue weighted by Gasteiger charge is 2.33. The summed E-state index contributed by atoms with van der Waals surface area (Å²) < 4.78 is 27.0. The van der Waals surface area contributed by atoms with Gasteiger partial charge in [0.2, 0.25) is 10.0 Å². The summed E-state index contributed by atoms with van der Waals surface area (Å²) in [7, 11) is -3.63. The van der Waals surface area contributed by atoms with Gasteiger partial charge in [0.15, 0.2) is 0 Å². The maximum absolute atomic E-state index is 12.8. The van der Waals surface area contributed by atoms with Gasteiger partial charge in [-0.3, -0.25) is 9.69 Å². The molecule has 2 aromatic rings. The van der Waals surface area contributed by atoms with E-state index in [1.54, 1.807) is 30.2 Å². The molecule has 8 nitrogen and oxygen atoms in total. The summed E-state index contributed by atoms with van der Waals surface area (Å²) in [6.45, 7) is 2.94. The number of piperazine rings is 1. The van der Waals surface area contributed by atoms with Crippen molar-refractivity contribution >= 4 is 27.0 Å². The number of sulfonamides is 1. The second-order valence-corrected chi connectivity index (χ2v) is 7.41. The summed E-state index contributed by atoms with van der Waals surface area (Å²) in [4.78, 5) is 20.0. The third kappa shape index (κ3) is 2.82. The molecule has 0 aliphatic carbocycles. The van der Waals surface area contributed by atoms with Crippen molar-refractivity contribution in [1.29, 1.82) is 0 Å². The second-order valence-electron chi connectivity index (χ2n) is 5.51. The second kappa shape index (κ2) is 5.91. The van der Waals surface area contributed by atoms with E-state index in [9.17, 15) is 13.2 Å². The van der Waals surface area contributed by atoms with E-state index in [0.29, 0.717) is 24.1 Å². The molecule has 1 fully saturated rings. The van der Waals surface area contributed by atoms with Gasteiger partial charge in [-0.25, -0.2) is 13.4 Å². The number of H-pyrrole nitrogens is 1. The van der Waals surface area contributed by atoms with Gasteiger partial charge in [0.1, 0.15) is 16.6 Å². The summed E-state index contributed by atoms with van der Waals surface area (Å²) in [6.07, 6.45) is 3.06. The molecule has 2 aromatic heterocycles. The fourth-order valence-electron chi connectivity index (χ4n) is 2.77. The average molecular weight is 338 g/mol. The lowest BCUT2D eigenvalue weighted by Gasteiger charge is -2.35. The van der Waals surface area contributed by atoms with Crippen molar-refractivity contribution in [2.24, 2.45) is 0 Å². The first-order valence-corrected chi connectivity index (χ1v) is 8.74. The van der Waals surface area contributed by atoms with E-state index in [1.807, 2.05) is 0 Å². The zero-order valence-electron chi connectivity index (χ0n) is 12.6. The van der Waals surface area contributed by atoms with Crippen molar-refractivity contribution in [1.82, 2.24) is 19.2 Å². The van der Waals surface area contributed by atoms with Crippen molar-refractivity contribution in [2.75, 3.05) is 26.2 Å². The van der Waals surface area contributed by atoms with Crippen LogP contribution in [0.15, 0.2) is 29.4 Å². The SMILES string of the molecule is C[C@H](C(=O)O)N1CCN(S(=O)(=O)c2c[nH]c3ncccc23)CC1. The Labute approximate surface area is 133 Å². The molecular weight excluding hydrogens is 320 g/mol. The normalized spacial score (nSPS) is 19.0. The maximum atomic E-state index is 12.8. The van der Waals surface area contributed by atoms with Crippen LogP contribution in [0.1, 0.15) is 6.92 Å². The number of hydrogen-bond acceptors (Lipinski definition) is 5. The number of pyridine rings is 1. The summed E-state index contributed by atoms with van der Waals surface area (Å²) >= 11 is 0. The zero-order valence-corrected chi connectivity index (χ0v) is 13.5. The topological polar surface area (TPSA) is 107 Å². The Morgan fingerprint density at radius 3 is 2.70 bits per heavy atom. The number of carboxylic acid groups (broad SMARTS) is 1. The largest absolute Gasteiger partial charge is 0.480 e. The van der Waals surface area contributed by atoms with Crippen LogP contribution < -0.4 is 0 Å². The number of carbonyl (C=O) groups is 1. The molecule has 0 spiro atoms. The first kappa shape index (κ1) is 15.9. The summed E-state index contributed by atoms with van der Waals surface area (Å²) in [5, 5.41) is 9.61. The summed E-state index contributed by atoms with van der Waals surface area (Å²) in [5.74, 6) is -0.899. The van der Waals surface area contributed by atoms with Crippen molar-refractivity contribution in [3.8, 4) is 0 Å². The van der Waals surface area contributed by atoms with Crippen LogP contribution in [0.25, 0.3) is 11.0 Å². The van der Waals surface area contributed by atoms with Crippen molar-refractivity contribution in [3.63, 3.8) is 0 Å². The van der Waals surface area contributed by atoms with E-state index < -0.39 is 22.0 Å². The molecule has 1 aliphatic heterocycles. The van der Waals surface area contributed by atoms with Crippen LogP contribution in [-0.4, -0.2) is 70.9 Å². The van der Waals surface area contributed by atoms with Gasteiger partial charge in [0.05, 0.1) is 0 Å². The number of aromatic amines is 1. The van der Waals surface area contributed by atoms with E-state index in [1.165, 1.54) is 10.5 Å². The predicted molar refractivity (Wildman–Crippen MR) is 83.5 cm³/mol. The fourth-order valence-corrected chi connectivity index (χ4v) is 4.34. The third-order valence-corrected chi connectivity index (χ3v) is 6.15. The van der Waals surface area contributed by atoms with Crippen LogP contribution in [0, 0.1) is 0 Å². The van der Waals surface area contributed by atoms with Crippen LogP contribution >= 0.6 is 0 Å². The predicted octanol–water partition coefficient (Wildman–Crippen LogP) is 0.342. The highest BCUT2D eigenvalue weighted by atomic mass is 32.2. The standard InChI is InChI=1S/C14H18N4O4S/c1-10(14(19)20)17-5-7-18(8-6-17)23(21,22)12-9-16-13-11(12)3-2-4-15-13/h2-4,9-10H,5-8H2,1H3,(H,15,16)(H,19,20)/t10-/m1/s1. The lowest BCUT2D eigenvalue weighted by atomic mass is 10.2. The first-order valence-electron chi connectivity index (χ1n) is 7.30. The highest BCUT2D eigenvalue weighted by Crippen LogP contribution is 2.25. The third-order valence-electron chi connectivity index (χ3n) is 4.21. The molecule has 9 heteroatoms. The number of carboxylic acids is 1. The van der Waals surface area contributed by atoms with E-state index in [0.717, 1.165) is 0 Å². The monoisotopic (exact) mass is 338 g/mol. The van der Waals surface area contributed by atoms with Crippen molar-refractivity contribution < 1.29 is 18.3 Å². The minimum absolute atomic E-state index is 0.209. The number of rotatable bonds is 4. The fraction of sp³-hybridized carbons (Fsp3) is 0.429. The van der Waals surface area contributed by atoms with Crippen LogP contribution in [0.2, 0.25) is 0 Å². The number of aromatic nitrogens is 2. The molecule has 0 aromatic carbocycles. The molecule has 3 heterocycles. The van der Waals surface area contributed by atoms with Crippen molar-refractivity contribution in [2.45, 2.75) is 17.9 Å². The lowest BCUT2D eigenvalue weighted by Crippen LogP contribution is -2.53. The van der Waals surface area contributed by atoms with Gasteiger partial charge in [0, 0.05) is 44.0 Å². The van der Waals surface area contributed by atoms with E-state index in [-0.39, 0.29) is 18.0 Å². The quantitative estimate of drug-likeness (QED) is 0.833. The minimum atomic E-state index is -3.63. The maximum Gasteiger partial charge on any atom is 0.320 e. The number of hydrogen-bond donors (Lipinski definition) is 2. The Hall–Kier alpha value is -1.97. The van der Waals surface area contributed by atoms with Gasteiger partial charge in [-0.05, 0) is 19.1 Å². The molecule has 2 N–H and O–H groups in total. The molecule has 23 heavy (non-hydrogen) atoms. The Kier molecular flexibility index (Phi) is 4.09. The molecule has 0 bridgehead atoms. The van der Waals surface area contributed by atoms with Gasteiger partial charge in [-0.15, -0.1) is 0 Å². The molecule has 1 saturated heterocycles. The average Bonchev–Trinajstić information content (AvgIpc) is 2.99. The van der Waals surface area contributed by atoms with Gasteiger partial charge < -0.3 is 10.1 Å². The zero-order chi connectivity index (χ0) is 16.6. The first-order chi connectivity index (χ1) is 10.9. The molecule has 124 valence electrons.